The van der Waals surface area contributed by atoms with Gasteiger partial charge in [0, 0.05) is 11.8 Å². The number of H-pyrrole nitrogens is 2. The molecular formula is C18H18N4. The molecule has 2 unspecified atom stereocenters. The second-order valence-corrected chi connectivity index (χ2v) is 5.86. The molecule has 4 aromatic rings. The molecule has 2 atom stereocenters. The summed E-state index contributed by atoms with van der Waals surface area (Å²) in [7, 11) is 0. The minimum absolute atomic E-state index is 0.257. The van der Waals surface area contributed by atoms with E-state index in [0.29, 0.717) is 0 Å². The van der Waals surface area contributed by atoms with E-state index >= 15 is 0 Å². The molecule has 4 rings (SSSR count). The van der Waals surface area contributed by atoms with Crippen LogP contribution in [0.1, 0.15) is 37.3 Å². The molecule has 0 radical (unpaired) electrons. The maximum absolute atomic E-state index is 4.72. The van der Waals surface area contributed by atoms with Crippen LogP contribution in [0, 0.1) is 0 Å². The molecule has 2 aromatic heterocycles. The van der Waals surface area contributed by atoms with E-state index in [4.69, 9.17) is 9.97 Å². The Hall–Kier alpha value is -2.62. The number of nitrogens with one attached hydrogen (secondary N) is 2. The third-order valence-electron chi connectivity index (χ3n) is 4.43. The molecule has 22 heavy (non-hydrogen) atoms. The highest BCUT2D eigenvalue weighted by Gasteiger charge is 2.22. The van der Waals surface area contributed by atoms with Crippen LogP contribution in [0.4, 0.5) is 0 Å². The summed E-state index contributed by atoms with van der Waals surface area (Å²) in [6, 6.07) is 16.3. The van der Waals surface area contributed by atoms with Gasteiger partial charge in [-0.2, -0.15) is 0 Å². The first-order valence-corrected chi connectivity index (χ1v) is 7.61. The number of aromatic nitrogens is 4. The number of hydrogen-bond donors (Lipinski definition) is 2. The van der Waals surface area contributed by atoms with E-state index in [1.54, 1.807) is 0 Å². The van der Waals surface area contributed by atoms with E-state index in [2.05, 4.69) is 35.9 Å². The number of aromatic amines is 2. The second-order valence-electron chi connectivity index (χ2n) is 5.86. The maximum atomic E-state index is 4.72. The van der Waals surface area contributed by atoms with Crippen molar-refractivity contribution < 1.29 is 0 Å². The molecule has 0 fully saturated rings. The number of rotatable bonds is 3. The molecule has 4 heteroatoms. The lowest BCUT2D eigenvalue weighted by atomic mass is 9.95. The van der Waals surface area contributed by atoms with Gasteiger partial charge in [0.2, 0.25) is 0 Å². The van der Waals surface area contributed by atoms with Crippen LogP contribution in [0.5, 0.6) is 0 Å². The van der Waals surface area contributed by atoms with Crippen LogP contribution in [0.2, 0.25) is 0 Å². The lowest BCUT2D eigenvalue weighted by Gasteiger charge is -2.15. The Morgan fingerprint density at radius 2 is 1.09 bits per heavy atom. The summed E-state index contributed by atoms with van der Waals surface area (Å²) in [5.74, 6) is 2.53. The lowest BCUT2D eigenvalue weighted by molar-refractivity contribution is 0.573. The predicted octanol–water partition coefficient (Wildman–Crippen LogP) is 4.35. The van der Waals surface area contributed by atoms with Gasteiger partial charge < -0.3 is 9.97 Å². The van der Waals surface area contributed by atoms with Gasteiger partial charge in [-0.25, -0.2) is 9.97 Å². The Kier molecular flexibility index (Phi) is 2.96. The molecule has 0 aliphatic carbocycles. The van der Waals surface area contributed by atoms with E-state index in [9.17, 15) is 0 Å². The first-order chi connectivity index (χ1) is 10.7. The van der Waals surface area contributed by atoms with Crippen molar-refractivity contribution in [2.45, 2.75) is 25.7 Å². The smallest absolute Gasteiger partial charge is 0.110 e. The number of hydrogen-bond acceptors (Lipinski definition) is 2. The standard InChI is InChI=1S/C18H18N4/c1-11(17-19-13-7-3-4-8-14(13)20-17)12(2)18-21-15-9-5-6-10-16(15)22-18/h3-12H,1-2H3,(H,19,20)(H,21,22). The van der Waals surface area contributed by atoms with E-state index in [-0.39, 0.29) is 11.8 Å². The van der Waals surface area contributed by atoms with Crippen molar-refractivity contribution in [3.05, 3.63) is 60.2 Å². The highest BCUT2D eigenvalue weighted by Crippen LogP contribution is 2.31. The molecule has 0 saturated carbocycles. The van der Waals surface area contributed by atoms with Gasteiger partial charge in [0.25, 0.3) is 0 Å². The van der Waals surface area contributed by atoms with Crippen molar-refractivity contribution >= 4 is 22.1 Å². The van der Waals surface area contributed by atoms with E-state index < -0.39 is 0 Å². The highest BCUT2D eigenvalue weighted by atomic mass is 15.0. The minimum atomic E-state index is 0.257. The van der Waals surface area contributed by atoms with Gasteiger partial charge in [0.05, 0.1) is 22.1 Å². The van der Waals surface area contributed by atoms with Gasteiger partial charge in [-0.15, -0.1) is 0 Å². The molecule has 4 nitrogen and oxygen atoms in total. The van der Waals surface area contributed by atoms with Gasteiger partial charge in [-0.1, -0.05) is 38.1 Å². The third kappa shape index (κ3) is 2.08. The minimum Gasteiger partial charge on any atom is -0.342 e. The molecule has 0 amide bonds. The van der Waals surface area contributed by atoms with E-state index in [1.807, 2.05) is 36.4 Å². The summed E-state index contributed by atoms with van der Waals surface area (Å²) in [4.78, 5) is 16.3. The zero-order valence-corrected chi connectivity index (χ0v) is 12.7. The van der Waals surface area contributed by atoms with Crippen LogP contribution in [0.3, 0.4) is 0 Å². The Bertz CT molecular complexity index is 790. The lowest BCUT2D eigenvalue weighted by Crippen LogP contribution is -2.08. The SMILES string of the molecule is CC(c1nc2ccccc2[nH]1)C(C)c1nc2ccccc2[nH]1. The first-order valence-electron chi connectivity index (χ1n) is 7.61. The van der Waals surface area contributed by atoms with E-state index in [0.717, 1.165) is 33.7 Å². The van der Waals surface area contributed by atoms with Gasteiger partial charge in [0.1, 0.15) is 11.6 Å². The molecule has 2 aromatic carbocycles. The fourth-order valence-corrected chi connectivity index (χ4v) is 2.85. The molecular weight excluding hydrogens is 272 g/mol. The number of imidazole rings is 2. The van der Waals surface area contributed by atoms with Crippen LogP contribution in [-0.2, 0) is 0 Å². The number of benzene rings is 2. The normalized spacial score (nSPS) is 14.5. The zero-order chi connectivity index (χ0) is 15.1. The Morgan fingerprint density at radius 1 is 0.682 bits per heavy atom. The average Bonchev–Trinajstić information content (AvgIpc) is 3.16. The molecule has 110 valence electrons. The van der Waals surface area contributed by atoms with E-state index in [1.165, 1.54) is 0 Å². The third-order valence-corrected chi connectivity index (χ3v) is 4.43. The summed E-state index contributed by atoms with van der Waals surface area (Å²) < 4.78 is 0. The van der Waals surface area contributed by atoms with Crippen LogP contribution < -0.4 is 0 Å². The summed E-state index contributed by atoms with van der Waals surface area (Å²) in [6.07, 6.45) is 0. The average molecular weight is 290 g/mol. The van der Waals surface area contributed by atoms with Gasteiger partial charge in [-0.05, 0) is 24.3 Å². The Balaban J connectivity index is 1.70. The first kappa shape index (κ1) is 13.1. The number of para-hydroxylation sites is 4. The van der Waals surface area contributed by atoms with Gasteiger partial charge >= 0.3 is 0 Å². The van der Waals surface area contributed by atoms with Crippen molar-refractivity contribution in [3.63, 3.8) is 0 Å². The van der Waals surface area contributed by atoms with Gasteiger partial charge in [-0.3, -0.25) is 0 Å². The molecule has 0 saturated heterocycles. The topological polar surface area (TPSA) is 57.4 Å². The van der Waals surface area contributed by atoms with Crippen LogP contribution in [0.15, 0.2) is 48.5 Å². The van der Waals surface area contributed by atoms with Crippen LogP contribution in [0.25, 0.3) is 22.1 Å². The quantitative estimate of drug-likeness (QED) is 0.589. The maximum Gasteiger partial charge on any atom is 0.110 e. The summed E-state index contributed by atoms with van der Waals surface area (Å²) in [5, 5.41) is 0. The summed E-state index contributed by atoms with van der Waals surface area (Å²) >= 11 is 0. The Morgan fingerprint density at radius 3 is 1.50 bits per heavy atom. The zero-order valence-electron chi connectivity index (χ0n) is 12.7. The fourth-order valence-electron chi connectivity index (χ4n) is 2.85. The van der Waals surface area contributed by atoms with Crippen molar-refractivity contribution in [3.8, 4) is 0 Å². The van der Waals surface area contributed by atoms with Crippen LogP contribution in [-0.4, -0.2) is 19.9 Å². The molecule has 2 N–H and O–H groups in total. The van der Waals surface area contributed by atoms with Crippen molar-refractivity contribution in [2.75, 3.05) is 0 Å². The highest BCUT2D eigenvalue weighted by molar-refractivity contribution is 5.75. The largest absolute Gasteiger partial charge is 0.342 e. The molecule has 0 bridgehead atoms. The molecule has 2 heterocycles. The van der Waals surface area contributed by atoms with Crippen molar-refractivity contribution in [1.29, 1.82) is 0 Å². The summed E-state index contributed by atoms with van der Waals surface area (Å²) in [6.45, 7) is 4.38. The predicted molar refractivity (Wildman–Crippen MR) is 89.0 cm³/mol. The molecule has 0 aliphatic heterocycles. The van der Waals surface area contributed by atoms with Gasteiger partial charge in [0.15, 0.2) is 0 Å². The second kappa shape index (κ2) is 4.98. The number of fused-ring (bicyclic) bond motifs is 2. The number of nitrogens with zero attached hydrogens (tertiary/aromatic N) is 2. The van der Waals surface area contributed by atoms with Crippen molar-refractivity contribution in [1.82, 2.24) is 19.9 Å². The summed E-state index contributed by atoms with van der Waals surface area (Å²) in [5.41, 5.74) is 4.20. The monoisotopic (exact) mass is 290 g/mol. The Labute approximate surface area is 128 Å². The van der Waals surface area contributed by atoms with Crippen molar-refractivity contribution in [2.24, 2.45) is 0 Å². The fraction of sp³-hybridized carbons (Fsp3) is 0.222. The molecule has 0 spiro atoms. The molecule has 0 aliphatic rings. The van der Waals surface area contributed by atoms with Crippen LogP contribution >= 0.6 is 0 Å².